The predicted octanol–water partition coefficient (Wildman–Crippen LogP) is 1.39. The first-order valence-corrected chi connectivity index (χ1v) is 6.79. The van der Waals surface area contributed by atoms with Gasteiger partial charge in [0.15, 0.2) is 0 Å². The molecular formula is C13H29N3. The number of hydrogen-bond acceptors (Lipinski definition) is 3. The topological polar surface area (TPSA) is 32.5 Å². The van der Waals surface area contributed by atoms with Gasteiger partial charge in [-0.15, -0.1) is 0 Å². The summed E-state index contributed by atoms with van der Waals surface area (Å²) in [5.74, 6) is 0.807. The normalized spacial score (nSPS) is 24.9. The highest BCUT2D eigenvalue weighted by Gasteiger charge is 2.13. The van der Waals surface area contributed by atoms with Gasteiger partial charge in [0.1, 0.15) is 0 Å². The van der Waals surface area contributed by atoms with E-state index in [-0.39, 0.29) is 0 Å². The molecule has 2 saturated heterocycles. The second-order valence-corrected chi connectivity index (χ2v) is 5.35. The fourth-order valence-corrected chi connectivity index (χ4v) is 2.35. The molecule has 3 heteroatoms. The van der Waals surface area contributed by atoms with E-state index in [0.717, 1.165) is 12.5 Å². The fourth-order valence-electron chi connectivity index (χ4n) is 2.35. The highest BCUT2D eigenvalue weighted by Crippen LogP contribution is 2.13. The van der Waals surface area contributed by atoms with E-state index in [4.69, 9.17) is 5.73 Å². The zero-order valence-corrected chi connectivity index (χ0v) is 11.1. The van der Waals surface area contributed by atoms with Gasteiger partial charge in [0, 0.05) is 0 Å². The molecular weight excluding hydrogens is 198 g/mol. The fraction of sp³-hybridized carbons (Fsp3) is 1.00. The Morgan fingerprint density at radius 2 is 1.38 bits per heavy atom. The van der Waals surface area contributed by atoms with Gasteiger partial charge in [-0.05, 0) is 78.4 Å². The van der Waals surface area contributed by atoms with Crippen molar-refractivity contribution in [1.29, 1.82) is 0 Å². The molecule has 0 amide bonds. The average Bonchev–Trinajstić information content (AvgIpc) is 2.32. The van der Waals surface area contributed by atoms with Gasteiger partial charge in [0.25, 0.3) is 0 Å². The molecule has 0 aromatic heterocycles. The molecule has 0 aromatic rings. The molecule has 0 unspecified atom stereocenters. The highest BCUT2D eigenvalue weighted by atomic mass is 15.1. The van der Waals surface area contributed by atoms with Crippen LogP contribution in [0.5, 0.6) is 0 Å². The number of likely N-dealkylation sites (tertiary alicyclic amines) is 2. The quantitative estimate of drug-likeness (QED) is 0.735. The van der Waals surface area contributed by atoms with E-state index in [1.807, 2.05) is 0 Å². The first-order chi connectivity index (χ1) is 7.72. The van der Waals surface area contributed by atoms with Crippen molar-refractivity contribution in [2.24, 2.45) is 11.7 Å². The average molecular weight is 227 g/mol. The van der Waals surface area contributed by atoms with E-state index in [9.17, 15) is 0 Å². The summed E-state index contributed by atoms with van der Waals surface area (Å²) >= 11 is 0. The molecule has 2 heterocycles. The van der Waals surface area contributed by atoms with Crippen molar-refractivity contribution in [3.63, 3.8) is 0 Å². The van der Waals surface area contributed by atoms with Crippen LogP contribution in [0.3, 0.4) is 0 Å². The Kier molecular flexibility index (Phi) is 7.01. The number of nitrogens with zero attached hydrogens (tertiary/aromatic N) is 2. The molecule has 2 N–H and O–H groups in total. The first-order valence-electron chi connectivity index (χ1n) is 6.79. The third-order valence-electron chi connectivity index (χ3n) is 3.75. The Hall–Kier alpha value is -0.120. The summed E-state index contributed by atoms with van der Waals surface area (Å²) in [6.45, 7) is 6.00. The van der Waals surface area contributed by atoms with Crippen molar-refractivity contribution in [2.75, 3.05) is 46.8 Å². The van der Waals surface area contributed by atoms with Gasteiger partial charge < -0.3 is 15.5 Å². The molecule has 2 rings (SSSR count). The molecule has 16 heavy (non-hydrogen) atoms. The minimum absolute atomic E-state index is 0.807. The molecule has 96 valence electrons. The predicted molar refractivity (Wildman–Crippen MR) is 70.6 cm³/mol. The maximum Gasteiger partial charge on any atom is -0.00187 e. The van der Waals surface area contributed by atoms with Gasteiger partial charge >= 0.3 is 0 Å². The van der Waals surface area contributed by atoms with E-state index in [1.165, 1.54) is 58.3 Å². The van der Waals surface area contributed by atoms with E-state index < -0.39 is 0 Å². The summed E-state index contributed by atoms with van der Waals surface area (Å²) in [6, 6.07) is 0. The van der Waals surface area contributed by atoms with Gasteiger partial charge in [-0.1, -0.05) is 6.42 Å². The second kappa shape index (κ2) is 8.04. The van der Waals surface area contributed by atoms with Crippen LogP contribution in [0.15, 0.2) is 0 Å². The van der Waals surface area contributed by atoms with Gasteiger partial charge in [-0.3, -0.25) is 0 Å². The lowest BCUT2D eigenvalue weighted by Crippen LogP contribution is -2.33. The van der Waals surface area contributed by atoms with Crippen LogP contribution in [0, 0.1) is 5.92 Å². The van der Waals surface area contributed by atoms with Crippen LogP contribution in [0.1, 0.15) is 32.1 Å². The molecule has 2 fully saturated rings. The summed E-state index contributed by atoms with van der Waals surface area (Å²) in [6.07, 6.45) is 6.87. The minimum Gasteiger partial charge on any atom is -0.330 e. The van der Waals surface area contributed by atoms with Crippen LogP contribution >= 0.6 is 0 Å². The lowest BCUT2D eigenvalue weighted by molar-refractivity contribution is 0.223. The minimum atomic E-state index is 0.807. The molecule has 0 bridgehead atoms. The molecule has 0 atom stereocenters. The van der Waals surface area contributed by atoms with Gasteiger partial charge in [0.2, 0.25) is 0 Å². The van der Waals surface area contributed by atoms with Crippen molar-refractivity contribution in [1.82, 2.24) is 9.80 Å². The zero-order chi connectivity index (χ0) is 11.8. The number of nitrogens with two attached hydrogens (primary N) is 1. The Morgan fingerprint density at radius 1 is 0.875 bits per heavy atom. The summed E-state index contributed by atoms with van der Waals surface area (Å²) in [5.41, 5.74) is 5.53. The summed E-state index contributed by atoms with van der Waals surface area (Å²) in [7, 11) is 4.37. The Bertz CT molecular complexity index is 159. The second-order valence-electron chi connectivity index (χ2n) is 5.35. The number of hydrogen-bond donors (Lipinski definition) is 1. The molecule has 2 aliphatic rings. The summed E-state index contributed by atoms with van der Waals surface area (Å²) in [4.78, 5) is 4.76. The maximum absolute atomic E-state index is 5.53. The van der Waals surface area contributed by atoms with Gasteiger partial charge in [-0.25, -0.2) is 0 Å². The molecule has 2 aliphatic heterocycles. The van der Waals surface area contributed by atoms with Crippen LogP contribution in [0.25, 0.3) is 0 Å². The van der Waals surface area contributed by atoms with Crippen molar-refractivity contribution in [3.8, 4) is 0 Å². The summed E-state index contributed by atoms with van der Waals surface area (Å²) < 4.78 is 0. The first kappa shape index (κ1) is 13.9. The molecule has 0 spiro atoms. The van der Waals surface area contributed by atoms with Crippen LogP contribution < -0.4 is 5.73 Å². The zero-order valence-electron chi connectivity index (χ0n) is 11.1. The summed E-state index contributed by atoms with van der Waals surface area (Å²) in [5, 5.41) is 0. The standard InChI is InChI=1S/C7H16N2.C6H13N/c1-9-4-2-7(6-8)3-5-9;1-7-5-3-2-4-6-7/h7H,2-6,8H2,1H3;2-6H2,1H3. The van der Waals surface area contributed by atoms with Crippen LogP contribution in [-0.2, 0) is 0 Å². The molecule has 0 aliphatic carbocycles. The smallest absolute Gasteiger partial charge is 0.00187 e. The van der Waals surface area contributed by atoms with Crippen molar-refractivity contribution in [2.45, 2.75) is 32.1 Å². The Balaban J connectivity index is 0.000000165. The van der Waals surface area contributed by atoms with Gasteiger partial charge in [0.05, 0.1) is 0 Å². The van der Waals surface area contributed by atoms with Gasteiger partial charge in [-0.2, -0.15) is 0 Å². The Labute approximate surface area is 101 Å². The van der Waals surface area contributed by atoms with Crippen LogP contribution in [0.2, 0.25) is 0 Å². The third-order valence-corrected chi connectivity index (χ3v) is 3.75. The van der Waals surface area contributed by atoms with E-state index in [1.54, 1.807) is 0 Å². The largest absolute Gasteiger partial charge is 0.330 e. The molecule has 3 nitrogen and oxygen atoms in total. The van der Waals surface area contributed by atoms with E-state index in [0.29, 0.717) is 0 Å². The van der Waals surface area contributed by atoms with Crippen molar-refractivity contribution >= 4 is 0 Å². The molecule has 0 radical (unpaired) electrons. The van der Waals surface area contributed by atoms with Crippen LogP contribution in [-0.4, -0.2) is 56.6 Å². The SMILES string of the molecule is CN1CCC(CN)CC1.CN1CCCCC1. The van der Waals surface area contributed by atoms with Crippen LogP contribution in [0.4, 0.5) is 0 Å². The third kappa shape index (κ3) is 5.83. The number of rotatable bonds is 1. The van der Waals surface area contributed by atoms with Crippen molar-refractivity contribution in [3.05, 3.63) is 0 Å². The molecule has 0 saturated carbocycles. The Morgan fingerprint density at radius 3 is 1.75 bits per heavy atom. The van der Waals surface area contributed by atoms with Crippen molar-refractivity contribution < 1.29 is 0 Å². The maximum atomic E-state index is 5.53. The molecule has 0 aromatic carbocycles. The lowest BCUT2D eigenvalue weighted by atomic mass is 9.98. The van der Waals surface area contributed by atoms with E-state index in [2.05, 4.69) is 23.9 Å². The van der Waals surface area contributed by atoms with E-state index >= 15 is 0 Å². The monoisotopic (exact) mass is 227 g/mol. The highest BCUT2D eigenvalue weighted by molar-refractivity contribution is 4.69. The lowest BCUT2D eigenvalue weighted by Gasteiger charge is -2.27. The number of piperidine rings is 2.